The maximum atomic E-state index is 12.6. The molecule has 0 aliphatic heterocycles. The summed E-state index contributed by atoms with van der Waals surface area (Å²) in [4.78, 5) is 3.73. The van der Waals surface area contributed by atoms with Crippen molar-refractivity contribution in [3.63, 3.8) is 0 Å². The Morgan fingerprint density at radius 3 is 2.60 bits per heavy atom. The zero-order valence-electron chi connectivity index (χ0n) is 5.78. The lowest BCUT2D eigenvalue weighted by atomic mass is 10.2. The van der Waals surface area contributed by atoms with E-state index in [1.807, 2.05) is 0 Å². The van der Waals surface area contributed by atoms with Crippen molar-refractivity contribution >= 4 is 11.6 Å². The Morgan fingerprint density at radius 2 is 2.10 bits per heavy atom. The smallest absolute Gasteiger partial charge is 0.145 e. The minimum absolute atomic E-state index is 0.351. The molecule has 0 radical (unpaired) electrons. The summed E-state index contributed by atoms with van der Waals surface area (Å²) in [6.45, 7) is 3.38. The number of hydrogen-bond donors (Lipinski definition) is 0. The van der Waals surface area contributed by atoms with Crippen LogP contribution in [0.3, 0.4) is 0 Å². The second-order valence-corrected chi connectivity index (χ2v) is 2.51. The summed E-state index contributed by atoms with van der Waals surface area (Å²) in [7, 11) is 0. The summed E-state index contributed by atoms with van der Waals surface area (Å²) >= 11 is 5.68. The third-order valence-corrected chi connectivity index (χ3v) is 1.93. The molecule has 0 N–H and O–H groups in total. The highest BCUT2D eigenvalue weighted by molar-refractivity contribution is 6.31. The molecular formula is C7H7ClFN. The van der Waals surface area contributed by atoms with Crippen molar-refractivity contribution in [2.45, 2.75) is 13.8 Å². The van der Waals surface area contributed by atoms with E-state index in [2.05, 4.69) is 4.98 Å². The van der Waals surface area contributed by atoms with E-state index in [1.165, 1.54) is 6.20 Å². The first kappa shape index (κ1) is 7.48. The highest BCUT2D eigenvalue weighted by Gasteiger charge is 2.04. The Labute approximate surface area is 63.8 Å². The standard InChI is InChI=1S/C7H7ClFN/c1-4-6(9)3-10-5(2)7(4)8/h3H,1-2H3. The average Bonchev–Trinajstić information content (AvgIpc) is 1.93. The van der Waals surface area contributed by atoms with Crippen molar-refractivity contribution in [1.82, 2.24) is 4.98 Å². The lowest BCUT2D eigenvalue weighted by Gasteiger charge is -2.00. The lowest BCUT2D eigenvalue weighted by molar-refractivity contribution is 0.611. The molecule has 0 amide bonds. The molecule has 54 valence electrons. The molecule has 0 aliphatic rings. The molecule has 0 aliphatic carbocycles. The van der Waals surface area contributed by atoms with Crippen molar-refractivity contribution < 1.29 is 4.39 Å². The first-order valence-corrected chi connectivity index (χ1v) is 3.28. The van der Waals surface area contributed by atoms with Crippen LogP contribution in [0.5, 0.6) is 0 Å². The zero-order chi connectivity index (χ0) is 7.72. The highest BCUT2D eigenvalue weighted by atomic mass is 35.5. The number of halogens is 2. The van der Waals surface area contributed by atoms with Crippen LogP contribution in [0.1, 0.15) is 11.3 Å². The second-order valence-electron chi connectivity index (χ2n) is 2.13. The molecule has 0 unspecified atom stereocenters. The van der Waals surface area contributed by atoms with Gasteiger partial charge in [-0.15, -0.1) is 0 Å². The van der Waals surface area contributed by atoms with E-state index in [0.29, 0.717) is 16.3 Å². The molecule has 0 bridgehead atoms. The summed E-state index contributed by atoms with van der Waals surface area (Å²) in [5.74, 6) is -0.351. The monoisotopic (exact) mass is 159 g/mol. The van der Waals surface area contributed by atoms with E-state index < -0.39 is 0 Å². The fourth-order valence-corrected chi connectivity index (χ4v) is 0.822. The maximum absolute atomic E-state index is 12.6. The maximum Gasteiger partial charge on any atom is 0.145 e. The number of hydrogen-bond acceptors (Lipinski definition) is 1. The van der Waals surface area contributed by atoms with Crippen molar-refractivity contribution in [3.8, 4) is 0 Å². The van der Waals surface area contributed by atoms with Crippen LogP contribution in [0.25, 0.3) is 0 Å². The van der Waals surface area contributed by atoms with Crippen molar-refractivity contribution in [2.24, 2.45) is 0 Å². The third-order valence-electron chi connectivity index (χ3n) is 1.38. The quantitative estimate of drug-likeness (QED) is 0.567. The summed E-state index contributed by atoms with van der Waals surface area (Å²) in [6.07, 6.45) is 1.18. The second kappa shape index (κ2) is 2.54. The van der Waals surface area contributed by atoms with Gasteiger partial charge < -0.3 is 0 Å². The van der Waals surface area contributed by atoms with Gasteiger partial charge in [-0.3, -0.25) is 4.98 Å². The highest BCUT2D eigenvalue weighted by Crippen LogP contribution is 2.19. The molecule has 0 aromatic carbocycles. The van der Waals surface area contributed by atoms with E-state index in [0.717, 1.165) is 0 Å². The first-order chi connectivity index (χ1) is 4.63. The molecule has 1 aromatic rings. The minimum atomic E-state index is -0.351. The predicted molar refractivity (Wildman–Crippen MR) is 38.7 cm³/mol. The Bertz CT molecular complexity index is 233. The van der Waals surface area contributed by atoms with Crippen molar-refractivity contribution in [3.05, 3.63) is 28.3 Å². The van der Waals surface area contributed by atoms with E-state index in [-0.39, 0.29) is 5.82 Å². The topological polar surface area (TPSA) is 12.9 Å². The van der Waals surface area contributed by atoms with Gasteiger partial charge in [0.15, 0.2) is 0 Å². The normalized spacial score (nSPS) is 10.0. The Balaban J connectivity index is 3.34. The summed E-state index contributed by atoms with van der Waals surface area (Å²) in [5.41, 5.74) is 1.13. The average molecular weight is 160 g/mol. The van der Waals surface area contributed by atoms with E-state index >= 15 is 0 Å². The number of rotatable bonds is 0. The van der Waals surface area contributed by atoms with Gasteiger partial charge in [-0.25, -0.2) is 4.39 Å². The molecule has 3 heteroatoms. The van der Waals surface area contributed by atoms with Gasteiger partial charge in [0.05, 0.1) is 16.9 Å². The van der Waals surface area contributed by atoms with Gasteiger partial charge in [-0.05, 0) is 13.8 Å². The van der Waals surface area contributed by atoms with Gasteiger partial charge in [-0.2, -0.15) is 0 Å². The number of aryl methyl sites for hydroxylation is 1. The third kappa shape index (κ3) is 1.12. The van der Waals surface area contributed by atoms with Gasteiger partial charge in [0.1, 0.15) is 5.82 Å². The molecule has 0 spiro atoms. The SMILES string of the molecule is Cc1ncc(F)c(C)c1Cl. The number of aromatic nitrogens is 1. The Morgan fingerprint density at radius 1 is 1.50 bits per heavy atom. The minimum Gasteiger partial charge on any atom is -0.257 e. The molecule has 10 heavy (non-hydrogen) atoms. The molecule has 0 fully saturated rings. The molecule has 0 atom stereocenters. The van der Waals surface area contributed by atoms with Gasteiger partial charge in [0.25, 0.3) is 0 Å². The van der Waals surface area contributed by atoms with Gasteiger partial charge in [0, 0.05) is 5.56 Å². The van der Waals surface area contributed by atoms with Gasteiger partial charge in [-0.1, -0.05) is 11.6 Å². The van der Waals surface area contributed by atoms with Crippen LogP contribution in [-0.4, -0.2) is 4.98 Å². The van der Waals surface area contributed by atoms with E-state index in [1.54, 1.807) is 13.8 Å². The summed E-state index contributed by atoms with van der Waals surface area (Å²) in [5, 5.41) is 0.417. The summed E-state index contributed by atoms with van der Waals surface area (Å²) in [6, 6.07) is 0. The van der Waals surface area contributed by atoms with Crippen LogP contribution in [0.4, 0.5) is 4.39 Å². The van der Waals surface area contributed by atoms with Crippen LogP contribution in [0.2, 0.25) is 5.02 Å². The Hall–Kier alpha value is -0.630. The number of pyridine rings is 1. The van der Waals surface area contributed by atoms with Crippen LogP contribution < -0.4 is 0 Å². The molecule has 1 nitrogen and oxygen atoms in total. The molecule has 0 saturated heterocycles. The Kier molecular flexibility index (Phi) is 1.90. The fraction of sp³-hybridized carbons (Fsp3) is 0.286. The number of nitrogens with zero attached hydrogens (tertiary/aromatic N) is 1. The van der Waals surface area contributed by atoms with E-state index in [4.69, 9.17) is 11.6 Å². The van der Waals surface area contributed by atoms with Gasteiger partial charge >= 0.3 is 0 Å². The summed E-state index contributed by atoms with van der Waals surface area (Å²) < 4.78 is 12.6. The molecular weight excluding hydrogens is 153 g/mol. The molecule has 1 heterocycles. The van der Waals surface area contributed by atoms with Crippen LogP contribution in [0.15, 0.2) is 6.20 Å². The molecule has 0 saturated carbocycles. The zero-order valence-corrected chi connectivity index (χ0v) is 6.54. The van der Waals surface area contributed by atoms with Crippen LogP contribution >= 0.6 is 11.6 Å². The van der Waals surface area contributed by atoms with Crippen LogP contribution in [-0.2, 0) is 0 Å². The largest absolute Gasteiger partial charge is 0.257 e. The fourth-order valence-electron chi connectivity index (χ4n) is 0.683. The van der Waals surface area contributed by atoms with Crippen molar-refractivity contribution in [1.29, 1.82) is 0 Å². The molecule has 1 rings (SSSR count). The van der Waals surface area contributed by atoms with Gasteiger partial charge in [0.2, 0.25) is 0 Å². The lowest BCUT2D eigenvalue weighted by Crippen LogP contribution is -1.90. The van der Waals surface area contributed by atoms with Crippen molar-refractivity contribution in [2.75, 3.05) is 0 Å². The van der Waals surface area contributed by atoms with Crippen LogP contribution in [0, 0.1) is 19.7 Å². The van der Waals surface area contributed by atoms with E-state index in [9.17, 15) is 4.39 Å². The first-order valence-electron chi connectivity index (χ1n) is 2.90. The predicted octanol–water partition coefficient (Wildman–Crippen LogP) is 2.49. The molecule has 1 aromatic heterocycles.